The fraction of sp³-hybridized carbons (Fsp3) is 0.290. The maximum absolute atomic E-state index is 12.7. The Balaban J connectivity index is 1.25. The van der Waals surface area contributed by atoms with Crippen molar-refractivity contribution in [3.63, 3.8) is 0 Å². The van der Waals surface area contributed by atoms with Gasteiger partial charge in [-0.25, -0.2) is 14.8 Å². The number of benzene rings is 2. The second kappa shape index (κ2) is 12.5. The molecular weight excluding hydrogens is 518 g/mol. The van der Waals surface area contributed by atoms with Crippen LogP contribution in [0, 0.1) is 11.8 Å². The minimum absolute atomic E-state index is 0.179. The van der Waals surface area contributed by atoms with E-state index in [1.807, 2.05) is 55.6 Å². The van der Waals surface area contributed by atoms with Crippen LogP contribution in [0.4, 0.5) is 4.79 Å². The summed E-state index contributed by atoms with van der Waals surface area (Å²) in [6.45, 7) is 7.19. The van der Waals surface area contributed by atoms with Crippen LogP contribution in [-0.2, 0) is 16.1 Å². The lowest BCUT2D eigenvalue weighted by atomic mass is 10.1. The molecule has 1 saturated heterocycles. The first-order valence-corrected chi connectivity index (χ1v) is 13.5. The van der Waals surface area contributed by atoms with Crippen molar-refractivity contribution in [2.75, 3.05) is 26.7 Å². The molecule has 4 N–H and O–H groups in total. The van der Waals surface area contributed by atoms with Crippen molar-refractivity contribution in [3.8, 4) is 23.1 Å². The lowest BCUT2D eigenvalue weighted by molar-refractivity contribution is -0.130. The number of ether oxygens (including phenoxy) is 1. The van der Waals surface area contributed by atoms with Crippen molar-refractivity contribution in [2.24, 2.45) is 0 Å². The first-order chi connectivity index (χ1) is 19.9. The number of rotatable bonds is 8. The lowest BCUT2D eigenvalue weighted by Gasteiger charge is -2.21. The Morgan fingerprint density at radius 2 is 1.93 bits per heavy atom. The van der Waals surface area contributed by atoms with Gasteiger partial charge in [0.15, 0.2) is 0 Å². The molecule has 1 unspecified atom stereocenters. The highest BCUT2D eigenvalue weighted by molar-refractivity contribution is 5.82. The summed E-state index contributed by atoms with van der Waals surface area (Å²) in [5, 5.41) is 5.89. The molecule has 4 aromatic rings. The number of aromatic nitrogens is 4. The average Bonchev–Trinajstić information content (AvgIpc) is 3.75. The highest BCUT2D eigenvalue weighted by Crippen LogP contribution is 2.24. The number of H-pyrrole nitrogens is 2. The second-order valence-electron chi connectivity index (χ2n) is 10.1. The van der Waals surface area contributed by atoms with E-state index in [4.69, 9.17) is 0 Å². The van der Waals surface area contributed by atoms with Gasteiger partial charge in [0.05, 0.1) is 42.6 Å². The third-order valence-corrected chi connectivity index (χ3v) is 6.79. The number of alkyl carbamates (subject to hydrolysis) is 1. The van der Waals surface area contributed by atoms with E-state index in [1.165, 1.54) is 13.5 Å². The first kappa shape index (κ1) is 27.7. The highest BCUT2D eigenvalue weighted by atomic mass is 16.5. The van der Waals surface area contributed by atoms with E-state index in [0.29, 0.717) is 18.4 Å². The van der Waals surface area contributed by atoms with Gasteiger partial charge in [0, 0.05) is 17.7 Å². The summed E-state index contributed by atoms with van der Waals surface area (Å²) in [5.74, 6) is 7.80. The SMILES string of the molecule is C=C(C)CN(Cc1nc2ccc(C#Cc3ccc(-c4cnc(C5CCCN5)[nH]4)cc3)cc2[nH]1)C(=O)CNC(=O)OC. The minimum atomic E-state index is -0.661. The van der Waals surface area contributed by atoms with E-state index in [9.17, 15) is 9.59 Å². The van der Waals surface area contributed by atoms with Crippen molar-refractivity contribution in [2.45, 2.75) is 32.4 Å². The van der Waals surface area contributed by atoms with Gasteiger partial charge in [-0.15, -0.1) is 0 Å². The maximum atomic E-state index is 12.7. The lowest BCUT2D eigenvalue weighted by Crippen LogP contribution is -2.40. The van der Waals surface area contributed by atoms with Crippen LogP contribution in [0.3, 0.4) is 0 Å². The van der Waals surface area contributed by atoms with E-state index < -0.39 is 6.09 Å². The average molecular weight is 552 g/mol. The van der Waals surface area contributed by atoms with Crippen molar-refractivity contribution in [1.82, 2.24) is 35.5 Å². The topological polar surface area (TPSA) is 128 Å². The number of hydrogen-bond acceptors (Lipinski definition) is 6. The van der Waals surface area contributed by atoms with E-state index in [-0.39, 0.29) is 19.0 Å². The Morgan fingerprint density at radius 1 is 1.15 bits per heavy atom. The Bertz CT molecular complexity index is 1620. The van der Waals surface area contributed by atoms with Crippen LogP contribution in [0.25, 0.3) is 22.3 Å². The molecule has 1 aliphatic heterocycles. The van der Waals surface area contributed by atoms with Crippen molar-refractivity contribution in [3.05, 3.63) is 83.6 Å². The van der Waals surface area contributed by atoms with Crippen molar-refractivity contribution >= 4 is 23.0 Å². The molecule has 41 heavy (non-hydrogen) atoms. The molecule has 0 saturated carbocycles. The van der Waals surface area contributed by atoms with Gasteiger partial charge in [-0.1, -0.05) is 36.1 Å². The molecule has 5 rings (SSSR count). The highest BCUT2D eigenvalue weighted by Gasteiger charge is 2.19. The summed E-state index contributed by atoms with van der Waals surface area (Å²) in [4.78, 5) is 41.6. The zero-order chi connectivity index (χ0) is 28.8. The van der Waals surface area contributed by atoms with Crippen LogP contribution in [0.15, 0.2) is 60.8 Å². The summed E-state index contributed by atoms with van der Waals surface area (Å²) in [6.07, 6.45) is 3.51. The number of methoxy groups -OCH3 is 1. The van der Waals surface area contributed by atoms with E-state index in [0.717, 1.165) is 57.8 Å². The molecule has 2 aromatic heterocycles. The molecular formula is C31H33N7O3. The monoisotopic (exact) mass is 551 g/mol. The number of nitrogens with one attached hydrogen (secondary N) is 4. The summed E-state index contributed by atoms with van der Waals surface area (Å²) >= 11 is 0. The minimum Gasteiger partial charge on any atom is -0.453 e. The molecule has 3 heterocycles. The van der Waals surface area contributed by atoms with Gasteiger partial charge in [0.25, 0.3) is 0 Å². The number of nitrogens with zero attached hydrogens (tertiary/aromatic N) is 3. The van der Waals surface area contributed by atoms with Gasteiger partial charge in [-0.3, -0.25) is 4.79 Å². The third kappa shape index (κ3) is 7.01. The van der Waals surface area contributed by atoms with Gasteiger partial charge in [-0.05, 0) is 62.2 Å². The Morgan fingerprint density at radius 3 is 2.66 bits per heavy atom. The predicted octanol–water partition coefficient (Wildman–Crippen LogP) is 4.04. The largest absolute Gasteiger partial charge is 0.453 e. The standard InChI is InChI=1S/C31H33N7O3/c1-20(2)18-38(29(39)17-34-31(40)41-3)19-28-35-24-13-10-22(15-26(24)36-28)7-6-21-8-11-23(12-9-21)27-16-33-30(37-27)25-5-4-14-32-25/h8-13,15-16,25,32H,1,4-5,14,17-19H2,2-3H3,(H,33,37)(H,34,40)(H,35,36). The smallest absolute Gasteiger partial charge is 0.407 e. The summed E-state index contributed by atoms with van der Waals surface area (Å²) in [6, 6.07) is 14.2. The van der Waals surface area contributed by atoms with Crippen LogP contribution < -0.4 is 10.6 Å². The van der Waals surface area contributed by atoms with Gasteiger partial charge in [-0.2, -0.15) is 0 Å². The number of carbonyl (C=O) groups is 2. The number of amides is 2. The number of hydrogen-bond donors (Lipinski definition) is 4. The summed E-state index contributed by atoms with van der Waals surface area (Å²) in [7, 11) is 1.25. The fourth-order valence-electron chi connectivity index (χ4n) is 4.74. The number of carbonyl (C=O) groups excluding carboxylic acids is 2. The van der Waals surface area contributed by atoms with Crippen LogP contribution >= 0.6 is 0 Å². The zero-order valence-electron chi connectivity index (χ0n) is 23.2. The van der Waals surface area contributed by atoms with Crippen LogP contribution in [0.1, 0.15) is 48.6 Å². The molecule has 1 fully saturated rings. The van der Waals surface area contributed by atoms with Gasteiger partial charge >= 0.3 is 6.09 Å². The molecule has 0 aliphatic carbocycles. The van der Waals surface area contributed by atoms with Crippen molar-refractivity contribution in [1.29, 1.82) is 0 Å². The molecule has 1 aliphatic rings. The molecule has 0 spiro atoms. The summed E-state index contributed by atoms with van der Waals surface area (Å²) in [5.41, 5.74) is 6.23. The van der Waals surface area contributed by atoms with Gasteiger partial charge in [0.2, 0.25) is 5.91 Å². The predicted molar refractivity (Wildman–Crippen MR) is 157 cm³/mol. The molecule has 210 valence electrons. The quantitative estimate of drug-likeness (QED) is 0.193. The molecule has 10 nitrogen and oxygen atoms in total. The number of aromatic amines is 2. The molecule has 2 aromatic carbocycles. The fourth-order valence-corrected chi connectivity index (χ4v) is 4.74. The molecule has 1 atom stereocenters. The van der Waals surface area contributed by atoms with Crippen LogP contribution in [0.5, 0.6) is 0 Å². The van der Waals surface area contributed by atoms with Gasteiger partial charge < -0.3 is 30.2 Å². The molecule has 0 bridgehead atoms. The van der Waals surface area contributed by atoms with E-state index >= 15 is 0 Å². The molecule has 0 radical (unpaired) electrons. The normalized spacial score (nSPS) is 14.3. The maximum Gasteiger partial charge on any atom is 0.407 e. The Kier molecular flexibility index (Phi) is 8.46. The van der Waals surface area contributed by atoms with Crippen LogP contribution in [-0.4, -0.2) is 63.6 Å². The first-order valence-electron chi connectivity index (χ1n) is 13.5. The third-order valence-electron chi connectivity index (χ3n) is 6.79. The van der Waals surface area contributed by atoms with E-state index in [2.05, 4.69) is 53.7 Å². The Labute approximate surface area is 238 Å². The number of imidazole rings is 2. The zero-order valence-corrected chi connectivity index (χ0v) is 23.2. The molecule has 10 heteroatoms. The van der Waals surface area contributed by atoms with Crippen LogP contribution in [0.2, 0.25) is 0 Å². The van der Waals surface area contributed by atoms with Crippen molar-refractivity contribution < 1.29 is 14.3 Å². The summed E-state index contributed by atoms with van der Waals surface area (Å²) < 4.78 is 4.55. The second-order valence-corrected chi connectivity index (χ2v) is 10.1. The van der Waals surface area contributed by atoms with Gasteiger partial charge in [0.1, 0.15) is 18.2 Å². The van der Waals surface area contributed by atoms with E-state index in [1.54, 1.807) is 4.90 Å². The number of fused-ring (bicyclic) bond motifs is 1. The molecule has 2 amide bonds. The Hall–Kier alpha value is -4.88.